The lowest BCUT2D eigenvalue weighted by molar-refractivity contribution is 0.0916. The van der Waals surface area contributed by atoms with Gasteiger partial charge in [-0.3, -0.25) is 4.79 Å². The number of hydrogen-bond donors (Lipinski definition) is 3. The predicted octanol–water partition coefficient (Wildman–Crippen LogP) is -0.0830. The molecule has 1 aliphatic heterocycles. The molecule has 2 unspecified atom stereocenters. The number of anilines is 1. The average Bonchev–Trinajstić information content (AvgIpc) is 2.92. The van der Waals surface area contributed by atoms with Crippen LogP contribution in [0, 0.1) is 5.92 Å². The van der Waals surface area contributed by atoms with Gasteiger partial charge in [0.1, 0.15) is 0 Å². The zero-order valence-electron chi connectivity index (χ0n) is 10.2. The van der Waals surface area contributed by atoms with E-state index in [0.717, 1.165) is 13.0 Å². The summed E-state index contributed by atoms with van der Waals surface area (Å²) in [6, 6.07) is 3.25. The molecule has 2 atom stereocenters. The molecule has 98 valence electrons. The molecule has 1 fully saturated rings. The molecule has 1 aliphatic rings. The van der Waals surface area contributed by atoms with E-state index in [4.69, 9.17) is 10.6 Å². The highest BCUT2D eigenvalue weighted by molar-refractivity contribution is 5.92. The van der Waals surface area contributed by atoms with Crippen molar-refractivity contribution >= 4 is 11.7 Å². The number of nitrogen functional groups attached to an aromatic ring is 1. The summed E-state index contributed by atoms with van der Waals surface area (Å²) in [5.41, 5.74) is 2.63. The van der Waals surface area contributed by atoms with Crippen molar-refractivity contribution in [3.05, 3.63) is 17.8 Å². The highest BCUT2D eigenvalue weighted by Gasteiger charge is 2.24. The molecule has 0 bridgehead atoms. The van der Waals surface area contributed by atoms with Crippen molar-refractivity contribution in [2.75, 3.05) is 18.6 Å². The first-order valence-corrected chi connectivity index (χ1v) is 5.89. The minimum Gasteiger partial charge on any atom is -0.381 e. The summed E-state index contributed by atoms with van der Waals surface area (Å²) >= 11 is 0. The van der Waals surface area contributed by atoms with Crippen LogP contribution in [0.3, 0.4) is 0 Å². The lowest BCUT2D eigenvalue weighted by Crippen LogP contribution is -2.38. The summed E-state index contributed by atoms with van der Waals surface area (Å²) in [6.07, 6.45) is 0.975. The monoisotopic (exact) mass is 251 g/mol. The Kier molecular flexibility index (Phi) is 4.06. The molecule has 1 aromatic rings. The summed E-state index contributed by atoms with van der Waals surface area (Å²) in [5, 5.41) is 10.4. The van der Waals surface area contributed by atoms with Gasteiger partial charge < -0.3 is 15.5 Å². The second kappa shape index (κ2) is 5.74. The maximum atomic E-state index is 11.9. The lowest BCUT2D eigenvalue weighted by Gasteiger charge is -2.18. The molecule has 1 amide bonds. The number of rotatable bonds is 4. The molecule has 7 nitrogen and oxygen atoms in total. The van der Waals surface area contributed by atoms with Crippen LogP contribution in [0.1, 0.15) is 23.8 Å². The van der Waals surface area contributed by atoms with E-state index in [2.05, 4.69) is 20.9 Å². The van der Waals surface area contributed by atoms with Crippen LogP contribution in [0.25, 0.3) is 0 Å². The molecule has 4 N–H and O–H groups in total. The number of nitrogens with two attached hydrogens (primary N) is 1. The number of aromatic nitrogens is 2. The van der Waals surface area contributed by atoms with Gasteiger partial charge in [-0.25, -0.2) is 5.84 Å². The van der Waals surface area contributed by atoms with E-state index in [9.17, 15) is 4.79 Å². The molecule has 2 rings (SSSR count). The maximum absolute atomic E-state index is 11.9. The van der Waals surface area contributed by atoms with E-state index in [0.29, 0.717) is 18.3 Å². The molecule has 0 saturated carbocycles. The number of nitrogens with zero attached hydrogens (tertiary/aromatic N) is 2. The third kappa shape index (κ3) is 2.93. The maximum Gasteiger partial charge on any atom is 0.272 e. The highest BCUT2D eigenvalue weighted by Crippen LogP contribution is 2.16. The Morgan fingerprint density at radius 3 is 2.94 bits per heavy atom. The molecule has 0 spiro atoms. The molecule has 2 heterocycles. The standard InChI is InChI=1S/C11H17N5O2/c1-7(8-4-5-18-6-8)13-11(17)9-2-3-10(14-12)16-15-9/h2-3,7-8H,4-6,12H2,1H3,(H,13,17)(H,14,16). The van der Waals surface area contributed by atoms with Crippen molar-refractivity contribution in [3.8, 4) is 0 Å². The van der Waals surface area contributed by atoms with Crippen molar-refractivity contribution in [1.29, 1.82) is 0 Å². The second-order valence-corrected chi connectivity index (χ2v) is 4.33. The first-order chi connectivity index (χ1) is 8.70. The summed E-state index contributed by atoms with van der Waals surface area (Å²) in [7, 11) is 0. The van der Waals surface area contributed by atoms with Crippen LogP contribution < -0.4 is 16.6 Å². The summed E-state index contributed by atoms with van der Waals surface area (Å²) in [5.74, 6) is 5.73. The third-order valence-electron chi connectivity index (χ3n) is 3.08. The Morgan fingerprint density at radius 2 is 2.39 bits per heavy atom. The lowest BCUT2D eigenvalue weighted by atomic mass is 10.0. The van der Waals surface area contributed by atoms with E-state index in [1.807, 2.05) is 6.92 Å². The third-order valence-corrected chi connectivity index (χ3v) is 3.08. The molecule has 0 radical (unpaired) electrons. The van der Waals surface area contributed by atoms with Gasteiger partial charge in [0.2, 0.25) is 0 Å². The molecule has 18 heavy (non-hydrogen) atoms. The van der Waals surface area contributed by atoms with Crippen molar-refractivity contribution in [3.63, 3.8) is 0 Å². The van der Waals surface area contributed by atoms with Crippen molar-refractivity contribution < 1.29 is 9.53 Å². The zero-order valence-corrected chi connectivity index (χ0v) is 10.2. The van der Waals surface area contributed by atoms with Crippen molar-refractivity contribution in [2.24, 2.45) is 11.8 Å². The van der Waals surface area contributed by atoms with Crippen LogP contribution in [-0.2, 0) is 4.74 Å². The number of hydrazine groups is 1. The Labute approximate surface area is 105 Å². The van der Waals surface area contributed by atoms with E-state index in [1.165, 1.54) is 0 Å². The van der Waals surface area contributed by atoms with Crippen molar-refractivity contribution in [2.45, 2.75) is 19.4 Å². The van der Waals surface area contributed by atoms with Crippen molar-refractivity contribution in [1.82, 2.24) is 15.5 Å². The van der Waals surface area contributed by atoms with E-state index in [1.54, 1.807) is 12.1 Å². The SMILES string of the molecule is CC(NC(=O)c1ccc(NN)nn1)C1CCOC1. The quantitative estimate of drug-likeness (QED) is 0.511. The Bertz CT molecular complexity index is 402. The fourth-order valence-corrected chi connectivity index (χ4v) is 1.88. The fraction of sp³-hybridized carbons (Fsp3) is 0.545. The van der Waals surface area contributed by atoms with Crippen LogP contribution >= 0.6 is 0 Å². The Balaban J connectivity index is 1.93. The topological polar surface area (TPSA) is 102 Å². The zero-order chi connectivity index (χ0) is 13.0. The van der Waals surface area contributed by atoms with E-state index in [-0.39, 0.29) is 17.6 Å². The number of amides is 1. The van der Waals surface area contributed by atoms with Gasteiger partial charge in [0.15, 0.2) is 11.5 Å². The highest BCUT2D eigenvalue weighted by atomic mass is 16.5. The number of nitrogens with one attached hydrogen (secondary N) is 2. The van der Waals surface area contributed by atoms with Gasteiger partial charge in [0.25, 0.3) is 5.91 Å². The first kappa shape index (κ1) is 12.7. The van der Waals surface area contributed by atoms with Crippen LogP contribution in [0.2, 0.25) is 0 Å². The number of carbonyl (C=O) groups is 1. The second-order valence-electron chi connectivity index (χ2n) is 4.33. The minimum absolute atomic E-state index is 0.0640. The van der Waals surface area contributed by atoms with Gasteiger partial charge in [-0.1, -0.05) is 0 Å². The smallest absolute Gasteiger partial charge is 0.272 e. The van der Waals surface area contributed by atoms with Crippen LogP contribution in [0.4, 0.5) is 5.82 Å². The number of ether oxygens (including phenoxy) is 1. The normalized spacial score (nSPS) is 20.4. The van der Waals surface area contributed by atoms with Gasteiger partial charge in [-0.2, -0.15) is 0 Å². The van der Waals surface area contributed by atoms with Crippen LogP contribution in [-0.4, -0.2) is 35.4 Å². The average molecular weight is 251 g/mol. The Morgan fingerprint density at radius 1 is 1.56 bits per heavy atom. The number of carbonyl (C=O) groups excluding carboxylic acids is 1. The molecular formula is C11H17N5O2. The number of hydrogen-bond acceptors (Lipinski definition) is 6. The van der Waals surface area contributed by atoms with Gasteiger partial charge in [-0.05, 0) is 25.5 Å². The minimum atomic E-state index is -0.231. The van der Waals surface area contributed by atoms with Gasteiger partial charge in [-0.15, -0.1) is 10.2 Å². The summed E-state index contributed by atoms with van der Waals surface area (Å²) in [6.45, 7) is 3.44. The van der Waals surface area contributed by atoms with Gasteiger partial charge in [0.05, 0.1) is 6.61 Å². The molecular weight excluding hydrogens is 234 g/mol. The predicted molar refractivity (Wildman–Crippen MR) is 65.7 cm³/mol. The molecule has 0 aliphatic carbocycles. The van der Waals surface area contributed by atoms with E-state index >= 15 is 0 Å². The van der Waals surface area contributed by atoms with Crippen LogP contribution in [0.15, 0.2) is 12.1 Å². The summed E-state index contributed by atoms with van der Waals surface area (Å²) in [4.78, 5) is 11.9. The largest absolute Gasteiger partial charge is 0.381 e. The van der Waals surface area contributed by atoms with Gasteiger partial charge >= 0.3 is 0 Å². The fourth-order valence-electron chi connectivity index (χ4n) is 1.88. The van der Waals surface area contributed by atoms with E-state index < -0.39 is 0 Å². The van der Waals surface area contributed by atoms with Gasteiger partial charge in [0, 0.05) is 18.6 Å². The molecule has 0 aromatic carbocycles. The molecule has 1 saturated heterocycles. The molecule has 7 heteroatoms. The summed E-state index contributed by atoms with van der Waals surface area (Å²) < 4.78 is 5.29. The first-order valence-electron chi connectivity index (χ1n) is 5.89. The Hall–Kier alpha value is -1.73. The molecule has 1 aromatic heterocycles. The van der Waals surface area contributed by atoms with Crippen LogP contribution in [0.5, 0.6) is 0 Å².